The maximum absolute atomic E-state index is 12.3. The maximum Gasteiger partial charge on any atom is 0.249 e. The van der Waals surface area contributed by atoms with Gasteiger partial charge in [0.15, 0.2) is 0 Å². The van der Waals surface area contributed by atoms with Crippen molar-refractivity contribution in [1.82, 2.24) is 10.2 Å². The zero-order valence-corrected chi connectivity index (χ0v) is 17.2. The molecule has 1 aromatic rings. The van der Waals surface area contributed by atoms with E-state index >= 15 is 0 Å². The molecule has 4 nitrogen and oxygen atoms in total. The van der Waals surface area contributed by atoms with Crippen molar-refractivity contribution in [2.75, 3.05) is 26.2 Å². The molecule has 0 bridgehead atoms. The summed E-state index contributed by atoms with van der Waals surface area (Å²) in [5, 5.41) is 3.24. The van der Waals surface area contributed by atoms with Crippen LogP contribution < -0.4 is 5.32 Å². The first kappa shape index (κ1) is 19.9. The van der Waals surface area contributed by atoms with Crippen LogP contribution in [0.4, 0.5) is 0 Å². The lowest BCUT2D eigenvalue weighted by Gasteiger charge is -2.38. The van der Waals surface area contributed by atoms with E-state index in [1.807, 2.05) is 0 Å². The first-order valence-electron chi connectivity index (χ1n) is 11.5. The normalized spacial score (nSPS) is 26.2. The Kier molecular flexibility index (Phi) is 7.03. The molecule has 154 valence electrons. The fraction of sp³-hybridized carbons (Fsp3) is 0.708. The number of hydrogen-bond acceptors (Lipinski definition) is 3. The first-order valence-corrected chi connectivity index (χ1v) is 11.5. The highest BCUT2D eigenvalue weighted by Crippen LogP contribution is 2.37. The first-order chi connectivity index (χ1) is 13.8. The lowest BCUT2D eigenvalue weighted by molar-refractivity contribution is -0.131. The Morgan fingerprint density at radius 3 is 2.43 bits per heavy atom. The van der Waals surface area contributed by atoms with E-state index in [0.717, 1.165) is 51.3 Å². The van der Waals surface area contributed by atoms with Crippen molar-refractivity contribution < 1.29 is 9.53 Å². The summed E-state index contributed by atoms with van der Waals surface area (Å²) in [5.41, 5.74) is 1.52. The summed E-state index contributed by atoms with van der Waals surface area (Å²) >= 11 is 0. The number of rotatable bonds is 6. The molecule has 0 radical (unpaired) electrons. The van der Waals surface area contributed by atoms with Crippen molar-refractivity contribution in [3.63, 3.8) is 0 Å². The molecular formula is C24H36N2O2. The van der Waals surface area contributed by atoms with Gasteiger partial charge in [-0.25, -0.2) is 0 Å². The van der Waals surface area contributed by atoms with Crippen molar-refractivity contribution in [3.05, 3.63) is 35.9 Å². The number of carbonyl (C=O) groups excluding carboxylic acids is 1. The number of likely N-dealkylation sites (tertiary alicyclic amines) is 1. The lowest BCUT2D eigenvalue weighted by Crippen LogP contribution is -2.48. The molecule has 1 N–H and O–H groups in total. The largest absolute Gasteiger partial charge is 0.368 e. The Hall–Kier alpha value is -1.39. The van der Waals surface area contributed by atoms with Gasteiger partial charge in [0.2, 0.25) is 5.91 Å². The fourth-order valence-corrected chi connectivity index (χ4v) is 5.38. The predicted octanol–water partition coefficient (Wildman–Crippen LogP) is 4.11. The molecular weight excluding hydrogens is 348 g/mol. The molecule has 0 aromatic heterocycles. The number of carbonyl (C=O) groups is 1. The number of hydrogen-bond donors (Lipinski definition) is 1. The molecule has 1 amide bonds. The van der Waals surface area contributed by atoms with Gasteiger partial charge in [0, 0.05) is 32.3 Å². The minimum Gasteiger partial charge on any atom is -0.368 e. The minimum atomic E-state index is -0.202. The van der Waals surface area contributed by atoms with Gasteiger partial charge in [0.05, 0.1) is 0 Å². The molecule has 2 aliphatic heterocycles. The molecule has 2 saturated heterocycles. The van der Waals surface area contributed by atoms with Crippen LogP contribution in [0.5, 0.6) is 0 Å². The number of piperidine rings is 1. The van der Waals surface area contributed by atoms with E-state index in [9.17, 15) is 4.79 Å². The average Bonchev–Trinajstić information content (AvgIpc) is 3.30. The summed E-state index contributed by atoms with van der Waals surface area (Å²) in [6.45, 7) is 4.08. The molecule has 2 heterocycles. The third-order valence-electron chi connectivity index (χ3n) is 7.06. The molecule has 1 aliphatic carbocycles. The van der Waals surface area contributed by atoms with Gasteiger partial charge in [0.25, 0.3) is 0 Å². The van der Waals surface area contributed by atoms with Gasteiger partial charge in [-0.05, 0) is 55.9 Å². The zero-order chi connectivity index (χ0) is 19.2. The zero-order valence-electron chi connectivity index (χ0n) is 17.2. The van der Waals surface area contributed by atoms with Crippen molar-refractivity contribution in [1.29, 1.82) is 0 Å². The SMILES string of the molecule is O=C(NC1CCN(C[C@@H](c2ccccc2)C2CCCCC2)CC1)[C@@H]1CCCO1. The smallest absolute Gasteiger partial charge is 0.249 e. The van der Waals surface area contributed by atoms with Crippen LogP contribution in [0, 0.1) is 5.92 Å². The van der Waals surface area contributed by atoms with Crippen molar-refractivity contribution in [2.24, 2.45) is 5.92 Å². The fourth-order valence-electron chi connectivity index (χ4n) is 5.38. The summed E-state index contributed by atoms with van der Waals surface area (Å²) < 4.78 is 5.52. The number of nitrogens with zero attached hydrogens (tertiary/aromatic N) is 1. The molecule has 4 rings (SSSR count). The summed E-state index contributed by atoms with van der Waals surface area (Å²) in [4.78, 5) is 15.0. The van der Waals surface area contributed by atoms with Crippen LogP contribution in [0.3, 0.4) is 0 Å². The van der Waals surface area contributed by atoms with Crippen LogP contribution in [0.2, 0.25) is 0 Å². The number of nitrogens with one attached hydrogen (secondary N) is 1. The van der Waals surface area contributed by atoms with Crippen LogP contribution in [-0.4, -0.2) is 49.2 Å². The average molecular weight is 385 g/mol. The summed E-state index contributed by atoms with van der Waals surface area (Å²) in [5.74, 6) is 1.59. The van der Waals surface area contributed by atoms with Gasteiger partial charge < -0.3 is 15.0 Å². The van der Waals surface area contributed by atoms with Gasteiger partial charge in [-0.3, -0.25) is 4.79 Å². The highest BCUT2D eigenvalue weighted by atomic mass is 16.5. The minimum absolute atomic E-state index is 0.111. The van der Waals surface area contributed by atoms with Crippen LogP contribution >= 0.6 is 0 Å². The second-order valence-corrected chi connectivity index (χ2v) is 9.00. The summed E-state index contributed by atoms with van der Waals surface area (Å²) in [6.07, 6.45) is 10.8. The molecule has 3 aliphatic rings. The van der Waals surface area contributed by atoms with E-state index in [1.165, 1.54) is 44.2 Å². The second-order valence-electron chi connectivity index (χ2n) is 9.00. The summed E-state index contributed by atoms with van der Waals surface area (Å²) in [7, 11) is 0. The van der Waals surface area contributed by atoms with Gasteiger partial charge >= 0.3 is 0 Å². The van der Waals surface area contributed by atoms with Crippen molar-refractivity contribution in [3.8, 4) is 0 Å². The number of benzene rings is 1. The van der Waals surface area contributed by atoms with E-state index in [1.54, 1.807) is 0 Å². The lowest BCUT2D eigenvalue weighted by atomic mass is 9.76. The van der Waals surface area contributed by atoms with E-state index in [0.29, 0.717) is 12.0 Å². The highest BCUT2D eigenvalue weighted by Gasteiger charge is 2.30. The van der Waals surface area contributed by atoms with Crippen LogP contribution in [0.15, 0.2) is 30.3 Å². The van der Waals surface area contributed by atoms with Crippen LogP contribution in [0.1, 0.15) is 69.3 Å². The van der Waals surface area contributed by atoms with Crippen LogP contribution in [0.25, 0.3) is 0 Å². The van der Waals surface area contributed by atoms with Gasteiger partial charge in [0.1, 0.15) is 6.10 Å². The Morgan fingerprint density at radius 2 is 1.75 bits per heavy atom. The van der Waals surface area contributed by atoms with E-state index in [-0.39, 0.29) is 12.0 Å². The van der Waals surface area contributed by atoms with Gasteiger partial charge in [-0.1, -0.05) is 49.6 Å². The van der Waals surface area contributed by atoms with Gasteiger partial charge in [-0.2, -0.15) is 0 Å². The van der Waals surface area contributed by atoms with E-state index < -0.39 is 0 Å². The van der Waals surface area contributed by atoms with E-state index in [2.05, 4.69) is 40.5 Å². The van der Waals surface area contributed by atoms with Gasteiger partial charge in [-0.15, -0.1) is 0 Å². The molecule has 28 heavy (non-hydrogen) atoms. The predicted molar refractivity (Wildman–Crippen MR) is 112 cm³/mol. The number of ether oxygens (including phenoxy) is 1. The molecule has 1 saturated carbocycles. The van der Waals surface area contributed by atoms with Crippen molar-refractivity contribution in [2.45, 2.75) is 75.9 Å². The van der Waals surface area contributed by atoms with Crippen LogP contribution in [-0.2, 0) is 9.53 Å². The molecule has 3 fully saturated rings. The third kappa shape index (κ3) is 5.15. The quantitative estimate of drug-likeness (QED) is 0.802. The van der Waals surface area contributed by atoms with Crippen molar-refractivity contribution >= 4 is 5.91 Å². The topological polar surface area (TPSA) is 41.6 Å². The van der Waals surface area contributed by atoms with E-state index in [4.69, 9.17) is 4.74 Å². The Labute approximate surface area is 170 Å². The molecule has 4 heteroatoms. The standard InChI is InChI=1S/C24H36N2O2/c27-24(23-12-7-17-28-23)25-21-13-15-26(16-14-21)18-22(19-8-3-1-4-9-19)20-10-5-2-6-11-20/h1,3-4,8-9,20-23H,2,5-7,10-18H2,(H,25,27)/t22-,23-/m0/s1. The second kappa shape index (κ2) is 9.89. The molecule has 2 atom stereocenters. The third-order valence-corrected chi connectivity index (χ3v) is 7.06. The Bertz CT molecular complexity index is 600. The molecule has 0 unspecified atom stereocenters. The number of amides is 1. The maximum atomic E-state index is 12.3. The Balaban J connectivity index is 1.30. The molecule has 0 spiro atoms. The Morgan fingerprint density at radius 1 is 1.00 bits per heavy atom. The molecule has 1 aromatic carbocycles. The monoisotopic (exact) mass is 384 g/mol. The summed E-state index contributed by atoms with van der Waals surface area (Å²) in [6, 6.07) is 11.5. The highest BCUT2D eigenvalue weighted by molar-refractivity contribution is 5.81.